The minimum absolute atomic E-state index is 0.0737. The van der Waals surface area contributed by atoms with Gasteiger partial charge in [-0.15, -0.1) is 0 Å². The first kappa shape index (κ1) is 17.9. The van der Waals surface area contributed by atoms with Crippen LogP contribution in [-0.2, 0) is 16.6 Å². The fourth-order valence-electron chi connectivity index (χ4n) is 2.80. The lowest BCUT2D eigenvalue weighted by molar-refractivity contribution is 0.0792. The molecule has 0 unspecified atom stereocenters. The molecule has 0 aliphatic carbocycles. The van der Waals surface area contributed by atoms with Gasteiger partial charge in [0.15, 0.2) is 0 Å². The van der Waals surface area contributed by atoms with Crippen molar-refractivity contribution in [3.63, 3.8) is 0 Å². The van der Waals surface area contributed by atoms with Crippen molar-refractivity contribution in [2.45, 2.75) is 24.3 Å². The molecule has 2 aromatic rings. The van der Waals surface area contributed by atoms with Crippen LogP contribution in [0.15, 0.2) is 53.4 Å². The predicted octanol–water partition coefficient (Wildman–Crippen LogP) is 3.05. The van der Waals surface area contributed by atoms with Gasteiger partial charge in [0, 0.05) is 30.2 Å². The summed E-state index contributed by atoms with van der Waals surface area (Å²) in [5.41, 5.74) is 1.08. The number of carbonyl (C=O) groups is 1. The maximum absolute atomic E-state index is 12.5. The monoisotopic (exact) mass is 378 g/mol. The summed E-state index contributed by atoms with van der Waals surface area (Å²) in [4.78, 5) is 14.3. The van der Waals surface area contributed by atoms with E-state index >= 15 is 0 Å². The van der Waals surface area contributed by atoms with E-state index in [-0.39, 0.29) is 17.3 Å². The molecule has 1 aliphatic heterocycles. The molecular formula is C18H19ClN2O3S. The van der Waals surface area contributed by atoms with Crippen LogP contribution in [0.5, 0.6) is 0 Å². The first-order valence-electron chi connectivity index (χ1n) is 8.10. The summed E-state index contributed by atoms with van der Waals surface area (Å²) in [6.45, 7) is 1.54. The van der Waals surface area contributed by atoms with Gasteiger partial charge in [0.25, 0.3) is 5.91 Å². The van der Waals surface area contributed by atoms with Crippen molar-refractivity contribution in [3.8, 4) is 0 Å². The van der Waals surface area contributed by atoms with E-state index in [1.54, 1.807) is 41.3 Å². The van der Waals surface area contributed by atoms with Gasteiger partial charge in [0.1, 0.15) is 0 Å². The number of nitrogens with one attached hydrogen (secondary N) is 1. The number of hydrogen-bond acceptors (Lipinski definition) is 3. The number of halogens is 1. The van der Waals surface area contributed by atoms with Gasteiger partial charge in [0.2, 0.25) is 10.0 Å². The van der Waals surface area contributed by atoms with Gasteiger partial charge in [0.05, 0.1) is 4.90 Å². The third-order valence-electron chi connectivity index (χ3n) is 4.20. The summed E-state index contributed by atoms with van der Waals surface area (Å²) < 4.78 is 27.6. The highest BCUT2D eigenvalue weighted by Crippen LogP contribution is 2.18. The number of amides is 1. The molecule has 1 amide bonds. The molecule has 1 aliphatic rings. The number of rotatable bonds is 5. The molecule has 132 valence electrons. The fraction of sp³-hybridized carbons (Fsp3) is 0.278. The van der Waals surface area contributed by atoms with Crippen molar-refractivity contribution in [1.29, 1.82) is 0 Å². The summed E-state index contributed by atoms with van der Waals surface area (Å²) in [7, 11) is -3.73. The van der Waals surface area contributed by atoms with E-state index in [4.69, 9.17) is 11.6 Å². The molecule has 1 fully saturated rings. The quantitative estimate of drug-likeness (QED) is 0.869. The Kier molecular flexibility index (Phi) is 5.42. The Morgan fingerprint density at radius 1 is 1.08 bits per heavy atom. The minimum Gasteiger partial charge on any atom is -0.339 e. The second-order valence-electron chi connectivity index (χ2n) is 5.94. The van der Waals surface area contributed by atoms with E-state index in [0.29, 0.717) is 16.1 Å². The Bertz CT molecular complexity index is 877. The molecule has 0 atom stereocenters. The van der Waals surface area contributed by atoms with E-state index < -0.39 is 10.0 Å². The number of benzene rings is 2. The number of carbonyl (C=O) groups excluding carboxylic acids is 1. The molecule has 1 N–H and O–H groups in total. The van der Waals surface area contributed by atoms with Crippen LogP contribution in [0.3, 0.4) is 0 Å². The van der Waals surface area contributed by atoms with Crippen LogP contribution in [0.1, 0.15) is 28.8 Å². The number of nitrogens with zero attached hydrogens (tertiary/aromatic N) is 1. The molecule has 1 heterocycles. The zero-order valence-electron chi connectivity index (χ0n) is 13.6. The fourth-order valence-corrected chi connectivity index (χ4v) is 4.05. The predicted molar refractivity (Wildman–Crippen MR) is 97.1 cm³/mol. The third-order valence-corrected chi connectivity index (χ3v) is 5.96. The van der Waals surface area contributed by atoms with Gasteiger partial charge in [-0.05, 0) is 42.7 Å². The molecule has 0 bridgehead atoms. The normalized spacial score (nSPS) is 14.7. The third kappa shape index (κ3) is 4.21. The Hall–Kier alpha value is -1.89. The van der Waals surface area contributed by atoms with Crippen LogP contribution < -0.4 is 4.72 Å². The van der Waals surface area contributed by atoms with E-state index in [9.17, 15) is 13.2 Å². The molecule has 0 spiro atoms. The molecule has 0 saturated carbocycles. The second-order valence-corrected chi connectivity index (χ2v) is 8.12. The number of sulfonamides is 1. The van der Waals surface area contributed by atoms with Gasteiger partial charge in [-0.2, -0.15) is 0 Å². The van der Waals surface area contributed by atoms with Gasteiger partial charge in [-0.25, -0.2) is 13.1 Å². The van der Waals surface area contributed by atoms with Crippen LogP contribution in [0.4, 0.5) is 0 Å². The van der Waals surface area contributed by atoms with Crippen LogP contribution in [-0.4, -0.2) is 32.3 Å². The highest BCUT2D eigenvalue weighted by atomic mass is 35.5. The molecule has 25 heavy (non-hydrogen) atoms. The van der Waals surface area contributed by atoms with E-state index in [2.05, 4.69) is 4.72 Å². The molecule has 0 aromatic heterocycles. The van der Waals surface area contributed by atoms with Gasteiger partial charge in [-0.3, -0.25) is 4.79 Å². The van der Waals surface area contributed by atoms with Crippen molar-refractivity contribution < 1.29 is 13.2 Å². The highest BCUT2D eigenvalue weighted by Gasteiger charge is 2.21. The molecule has 0 radical (unpaired) electrons. The lowest BCUT2D eigenvalue weighted by atomic mass is 10.2. The zero-order valence-corrected chi connectivity index (χ0v) is 15.2. The summed E-state index contributed by atoms with van der Waals surface area (Å²) in [6, 6.07) is 13.2. The molecule has 2 aromatic carbocycles. The lowest BCUT2D eigenvalue weighted by Crippen LogP contribution is -2.28. The van der Waals surface area contributed by atoms with Crippen molar-refractivity contribution in [2.24, 2.45) is 0 Å². The Balaban J connectivity index is 1.77. The molecule has 3 rings (SSSR count). The van der Waals surface area contributed by atoms with Crippen LogP contribution >= 0.6 is 11.6 Å². The van der Waals surface area contributed by atoms with E-state index in [0.717, 1.165) is 25.9 Å². The molecule has 5 nitrogen and oxygen atoms in total. The van der Waals surface area contributed by atoms with Gasteiger partial charge >= 0.3 is 0 Å². The summed E-state index contributed by atoms with van der Waals surface area (Å²) in [6.07, 6.45) is 1.98. The first-order valence-corrected chi connectivity index (χ1v) is 9.96. The van der Waals surface area contributed by atoms with Crippen LogP contribution in [0.25, 0.3) is 0 Å². The topological polar surface area (TPSA) is 66.5 Å². The second kappa shape index (κ2) is 7.56. The van der Waals surface area contributed by atoms with Crippen molar-refractivity contribution >= 4 is 27.5 Å². The highest BCUT2D eigenvalue weighted by molar-refractivity contribution is 7.89. The number of hydrogen-bond donors (Lipinski definition) is 1. The van der Waals surface area contributed by atoms with Gasteiger partial charge in [-0.1, -0.05) is 35.9 Å². The summed E-state index contributed by atoms with van der Waals surface area (Å²) in [5, 5.41) is 0.503. The summed E-state index contributed by atoms with van der Waals surface area (Å²) >= 11 is 6.05. The first-order chi connectivity index (χ1) is 12.0. The van der Waals surface area contributed by atoms with Crippen molar-refractivity contribution in [1.82, 2.24) is 9.62 Å². The molecular weight excluding hydrogens is 360 g/mol. The van der Waals surface area contributed by atoms with E-state index in [1.165, 1.54) is 12.1 Å². The lowest BCUT2D eigenvalue weighted by Gasteiger charge is -2.16. The Labute approximate surface area is 152 Å². The zero-order chi connectivity index (χ0) is 17.9. The van der Waals surface area contributed by atoms with Crippen LogP contribution in [0.2, 0.25) is 5.02 Å². The summed E-state index contributed by atoms with van der Waals surface area (Å²) in [5.74, 6) is -0.124. The Morgan fingerprint density at radius 3 is 2.52 bits per heavy atom. The van der Waals surface area contributed by atoms with Crippen LogP contribution in [0, 0.1) is 0 Å². The average Bonchev–Trinajstić information content (AvgIpc) is 3.15. The Morgan fingerprint density at radius 2 is 1.80 bits per heavy atom. The van der Waals surface area contributed by atoms with Gasteiger partial charge < -0.3 is 4.90 Å². The largest absolute Gasteiger partial charge is 0.339 e. The van der Waals surface area contributed by atoms with Crippen molar-refractivity contribution in [3.05, 3.63) is 64.7 Å². The maximum atomic E-state index is 12.5. The molecule has 7 heteroatoms. The maximum Gasteiger partial charge on any atom is 0.253 e. The number of likely N-dealkylation sites (tertiary alicyclic amines) is 1. The standard InChI is InChI=1S/C18H19ClN2O3S/c19-17-9-2-1-6-15(17)13-20-25(23,24)16-8-5-7-14(12-16)18(22)21-10-3-4-11-21/h1-2,5-9,12,20H,3-4,10-11,13H2. The minimum atomic E-state index is -3.73. The SMILES string of the molecule is O=C(c1cccc(S(=O)(=O)NCc2ccccc2Cl)c1)N1CCCC1. The smallest absolute Gasteiger partial charge is 0.253 e. The van der Waals surface area contributed by atoms with Crippen molar-refractivity contribution in [2.75, 3.05) is 13.1 Å². The average molecular weight is 379 g/mol. The van der Waals surface area contributed by atoms with E-state index in [1.807, 2.05) is 0 Å². The molecule has 1 saturated heterocycles.